The van der Waals surface area contributed by atoms with Crippen LogP contribution in [0.2, 0.25) is 0 Å². The lowest BCUT2D eigenvalue weighted by atomic mass is 9.93. The second-order valence-electron chi connectivity index (χ2n) is 5.86. The van der Waals surface area contributed by atoms with Crippen LogP contribution in [-0.4, -0.2) is 36.3 Å². The summed E-state index contributed by atoms with van der Waals surface area (Å²) in [6.45, 7) is 5.35. The molecule has 1 atom stereocenters. The normalized spacial score (nSPS) is 18.9. The highest BCUT2D eigenvalue weighted by atomic mass is 32.2. The summed E-state index contributed by atoms with van der Waals surface area (Å²) in [6.07, 6.45) is 3.54. The summed E-state index contributed by atoms with van der Waals surface area (Å²) in [5.74, 6) is 2.19. The van der Waals surface area contributed by atoms with Crippen molar-refractivity contribution in [2.75, 3.05) is 19.4 Å². The lowest BCUT2D eigenvalue weighted by Gasteiger charge is -2.38. The monoisotopic (exact) mass is 307 g/mol. The van der Waals surface area contributed by atoms with E-state index in [1.54, 1.807) is 18.9 Å². The van der Waals surface area contributed by atoms with E-state index in [-0.39, 0.29) is 5.91 Å². The predicted octanol–water partition coefficient (Wildman–Crippen LogP) is 3.82. The number of thioether (sulfide) groups is 1. The summed E-state index contributed by atoms with van der Waals surface area (Å²) < 4.78 is 5.15. The number of methoxy groups -OCH3 is 1. The van der Waals surface area contributed by atoms with E-state index >= 15 is 0 Å². The Kier molecular flexibility index (Phi) is 5.97. The van der Waals surface area contributed by atoms with Gasteiger partial charge < -0.3 is 9.64 Å². The van der Waals surface area contributed by atoms with Crippen molar-refractivity contribution in [1.29, 1.82) is 0 Å². The molecule has 21 heavy (non-hydrogen) atoms. The topological polar surface area (TPSA) is 29.5 Å². The molecule has 0 N–H and O–H groups in total. The van der Waals surface area contributed by atoms with E-state index in [0.717, 1.165) is 30.0 Å². The summed E-state index contributed by atoms with van der Waals surface area (Å²) in [7, 11) is 1.66. The first kappa shape index (κ1) is 16.2. The SMILES string of the molecule is COc1ccc(SCC(=O)N2CCCCC2C(C)C)cc1. The molecule has 1 amide bonds. The van der Waals surface area contributed by atoms with Gasteiger partial charge in [-0.2, -0.15) is 0 Å². The first-order valence-electron chi connectivity index (χ1n) is 7.68. The zero-order valence-corrected chi connectivity index (χ0v) is 14.0. The van der Waals surface area contributed by atoms with Crippen molar-refractivity contribution in [1.82, 2.24) is 4.90 Å². The fourth-order valence-corrected chi connectivity index (χ4v) is 3.64. The number of ether oxygens (including phenoxy) is 1. The van der Waals surface area contributed by atoms with E-state index in [4.69, 9.17) is 4.74 Å². The van der Waals surface area contributed by atoms with Crippen LogP contribution in [0.1, 0.15) is 33.1 Å². The number of piperidine rings is 1. The average molecular weight is 307 g/mol. The molecule has 3 nitrogen and oxygen atoms in total. The van der Waals surface area contributed by atoms with Gasteiger partial charge in [0.25, 0.3) is 0 Å². The fraction of sp³-hybridized carbons (Fsp3) is 0.588. The highest BCUT2D eigenvalue weighted by Gasteiger charge is 2.28. The minimum Gasteiger partial charge on any atom is -0.497 e. The van der Waals surface area contributed by atoms with E-state index in [2.05, 4.69) is 18.7 Å². The third-order valence-corrected chi connectivity index (χ3v) is 5.06. The molecule has 0 spiro atoms. The molecule has 1 aromatic carbocycles. The van der Waals surface area contributed by atoms with E-state index in [9.17, 15) is 4.79 Å². The Labute approximate surface area is 132 Å². The first-order chi connectivity index (χ1) is 10.1. The molecule has 0 saturated carbocycles. The second-order valence-corrected chi connectivity index (χ2v) is 6.91. The van der Waals surface area contributed by atoms with Gasteiger partial charge in [-0.25, -0.2) is 0 Å². The summed E-state index contributed by atoms with van der Waals surface area (Å²) in [4.78, 5) is 15.7. The zero-order chi connectivity index (χ0) is 15.2. The molecule has 0 aliphatic carbocycles. The number of benzene rings is 1. The largest absolute Gasteiger partial charge is 0.497 e. The van der Waals surface area contributed by atoms with Gasteiger partial charge in [-0.1, -0.05) is 13.8 Å². The molecule has 1 aliphatic rings. The van der Waals surface area contributed by atoms with Gasteiger partial charge in [0.05, 0.1) is 12.9 Å². The van der Waals surface area contributed by atoms with E-state index in [1.807, 2.05) is 24.3 Å². The number of rotatable bonds is 5. The average Bonchev–Trinajstić information content (AvgIpc) is 2.53. The van der Waals surface area contributed by atoms with Crippen LogP contribution < -0.4 is 4.74 Å². The van der Waals surface area contributed by atoms with E-state index in [0.29, 0.717) is 17.7 Å². The molecule has 0 bridgehead atoms. The molecule has 0 radical (unpaired) electrons. The molecule has 0 aromatic heterocycles. The number of carbonyl (C=O) groups excluding carboxylic acids is 1. The van der Waals surface area contributed by atoms with Crippen LogP contribution >= 0.6 is 11.8 Å². The standard InChI is InChI=1S/C17H25NO2S/c1-13(2)16-6-4-5-11-18(16)17(19)12-21-15-9-7-14(20-3)8-10-15/h7-10,13,16H,4-6,11-12H2,1-3H3. The quantitative estimate of drug-likeness (QED) is 0.774. The molecule has 1 saturated heterocycles. The number of carbonyl (C=O) groups is 1. The number of nitrogens with zero attached hydrogens (tertiary/aromatic N) is 1. The number of hydrogen-bond donors (Lipinski definition) is 0. The van der Waals surface area contributed by atoms with Gasteiger partial charge in [-0.15, -0.1) is 11.8 Å². The van der Waals surface area contributed by atoms with Crippen molar-refractivity contribution in [3.05, 3.63) is 24.3 Å². The van der Waals surface area contributed by atoms with Crippen LogP contribution in [0.5, 0.6) is 5.75 Å². The van der Waals surface area contributed by atoms with Gasteiger partial charge in [-0.05, 0) is 49.4 Å². The van der Waals surface area contributed by atoms with Crippen LogP contribution in [0, 0.1) is 5.92 Å². The Bertz CT molecular complexity index is 458. The van der Waals surface area contributed by atoms with E-state index in [1.165, 1.54) is 6.42 Å². The maximum Gasteiger partial charge on any atom is 0.233 e. The molecule has 1 aromatic rings. The summed E-state index contributed by atoms with van der Waals surface area (Å²) >= 11 is 1.61. The maximum atomic E-state index is 12.5. The van der Waals surface area contributed by atoms with Crippen molar-refractivity contribution in [2.45, 2.75) is 44.0 Å². The van der Waals surface area contributed by atoms with Gasteiger partial charge in [0.1, 0.15) is 5.75 Å². The Hall–Kier alpha value is -1.16. The zero-order valence-electron chi connectivity index (χ0n) is 13.2. The van der Waals surface area contributed by atoms with Crippen molar-refractivity contribution < 1.29 is 9.53 Å². The summed E-state index contributed by atoms with van der Waals surface area (Å²) in [5.41, 5.74) is 0. The highest BCUT2D eigenvalue weighted by Crippen LogP contribution is 2.26. The van der Waals surface area contributed by atoms with Gasteiger partial charge in [0, 0.05) is 17.5 Å². The molecule has 2 rings (SSSR count). The lowest BCUT2D eigenvalue weighted by molar-refractivity contribution is -0.133. The number of likely N-dealkylation sites (tertiary alicyclic amines) is 1. The first-order valence-corrected chi connectivity index (χ1v) is 8.66. The van der Waals surface area contributed by atoms with Crippen LogP contribution in [0.25, 0.3) is 0 Å². The molecular formula is C17H25NO2S. The molecule has 116 valence electrons. The Balaban J connectivity index is 1.90. The van der Waals surface area contributed by atoms with Gasteiger partial charge in [0.2, 0.25) is 5.91 Å². The molecule has 1 unspecified atom stereocenters. The Morgan fingerprint density at radius 3 is 2.67 bits per heavy atom. The van der Waals surface area contributed by atoms with Crippen LogP contribution in [-0.2, 0) is 4.79 Å². The van der Waals surface area contributed by atoms with Gasteiger partial charge >= 0.3 is 0 Å². The molecule has 1 fully saturated rings. The Morgan fingerprint density at radius 2 is 2.05 bits per heavy atom. The smallest absolute Gasteiger partial charge is 0.233 e. The van der Waals surface area contributed by atoms with Crippen molar-refractivity contribution in [3.63, 3.8) is 0 Å². The van der Waals surface area contributed by atoms with Gasteiger partial charge in [-0.3, -0.25) is 4.79 Å². The minimum absolute atomic E-state index is 0.272. The molecular weight excluding hydrogens is 282 g/mol. The van der Waals surface area contributed by atoms with Crippen molar-refractivity contribution >= 4 is 17.7 Å². The summed E-state index contributed by atoms with van der Waals surface area (Å²) in [6, 6.07) is 8.30. The van der Waals surface area contributed by atoms with Crippen molar-refractivity contribution in [2.24, 2.45) is 5.92 Å². The van der Waals surface area contributed by atoms with Crippen LogP contribution in [0.15, 0.2) is 29.2 Å². The number of hydrogen-bond acceptors (Lipinski definition) is 3. The van der Waals surface area contributed by atoms with Crippen LogP contribution in [0.3, 0.4) is 0 Å². The molecule has 1 heterocycles. The van der Waals surface area contributed by atoms with Crippen LogP contribution in [0.4, 0.5) is 0 Å². The Morgan fingerprint density at radius 1 is 1.33 bits per heavy atom. The number of amides is 1. The highest BCUT2D eigenvalue weighted by molar-refractivity contribution is 8.00. The minimum atomic E-state index is 0.272. The predicted molar refractivity (Wildman–Crippen MR) is 87.9 cm³/mol. The van der Waals surface area contributed by atoms with Gasteiger partial charge in [0.15, 0.2) is 0 Å². The molecule has 1 aliphatic heterocycles. The fourth-order valence-electron chi connectivity index (χ4n) is 2.86. The third kappa shape index (κ3) is 4.40. The second kappa shape index (κ2) is 7.74. The maximum absolute atomic E-state index is 12.5. The molecule has 4 heteroatoms. The summed E-state index contributed by atoms with van der Waals surface area (Å²) in [5, 5.41) is 0. The van der Waals surface area contributed by atoms with Crippen molar-refractivity contribution in [3.8, 4) is 5.75 Å². The lowest BCUT2D eigenvalue weighted by Crippen LogP contribution is -2.47. The van der Waals surface area contributed by atoms with E-state index < -0.39 is 0 Å². The third-order valence-electron chi connectivity index (χ3n) is 4.06.